The summed E-state index contributed by atoms with van der Waals surface area (Å²) in [5.41, 5.74) is -1.29. The van der Waals surface area contributed by atoms with Gasteiger partial charge in [0.25, 0.3) is 5.56 Å². The molecular weight excluding hydrogens is 307 g/mol. The largest absolute Gasteiger partial charge is 0.472 e. The van der Waals surface area contributed by atoms with E-state index in [2.05, 4.69) is 4.98 Å². The molecule has 0 saturated carbocycles. The molecule has 2 fully saturated rings. The van der Waals surface area contributed by atoms with E-state index in [1.807, 2.05) is 0 Å². The summed E-state index contributed by atoms with van der Waals surface area (Å²) >= 11 is 0. The Kier molecular flexibility index (Phi) is 3.60. The van der Waals surface area contributed by atoms with E-state index in [1.165, 1.54) is 6.20 Å². The van der Waals surface area contributed by atoms with Crippen LogP contribution in [0.4, 0.5) is 0 Å². The number of fused-ring (bicyclic) bond motifs is 1. The van der Waals surface area contributed by atoms with Gasteiger partial charge in [-0.15, -0.1) is 0 Å². The molecule has 3 heterocycles. The summed E-state index contributed by atoms with van der Waals surface area (Å²) in [6.45, 7) is -0.488. The standard InChI is InChI=1S/C10H13N2O8P/c13-7-1-2-12(10(15)11-7)9-8(14)5-3-18-21(16,17)19-4-6(5)20-9/h1-2,5-6,8-9,14H,3-4H2,(H,16,17)(H,11,13,15)/t5-,6-,8-,9-/m1/s1. The molecule has 3 N–H and O–H groups in total. The van der Waals surface area contributed by atoms with Gasteiger partial charge < -0.3 is 14.7 Å². The van der Waals surface area contributed by atoms with Gasteiger partial charge in [0.2, 0.25) is 0 Å². The van der Waals surface area contributed by atoms with Crippen LogP contribution in [-0.2, 0) is 18.3 Å². The van der Waals surface area contributed by atoms with Gasteiger partial charge in [0.15, 0.2) is 6.23 Å². The van der Waals surface area contributed by atoms with E-state index in [9.17, 15) is 24.2 Å². The Morgan fingerprint density at radius 1 is 1.33 bits per heavy atom. The number of nitrogens with one attached hydrogen (secondary N) is 1. The fraction of sp³-hybridized carbons (Fsp3) is 0.600. The smallest absolute Gasteiger partial charge is 0.388 e. The Balaban J connectivity index is 1.87. The van der Waals surface area contributed by atoms with Crippen molar-refractivity contribution in [3.05, 3.63) is 33.1 Å². The van der Waals surface area contributed by atoms with Crippen LogP contribution in [0.25, 0.3) is 0 Å². The number of nitrogens with zero attached hydrogens (tertiary/aromatic N) is 1. The van der Waals surface area contributed by atoms with Crippen molar-refractivity contribution in [2.75, 3.05) is 13.2 Å². The number of H-pyrrole nitrogens is 1. The predicted octanol–water partition coefficient (Wildman–Crippen LogP) is -1.44. The molecule has 1 aromatic heterocycles. The zero-order chi connectivity index (χ0) is 15.2. The van der Waals surface area contributed by atoms with Crippen LogP contribution in [0.3, 0.4) is 0 Å². The molecule has 2 aliphatic heterocycles. The van der Waals surface area contributed by atoms with Gasteiger partial charge in [-0.25, -0.2) is 9.36 Å². The summed E-state index contributed by atoms with van der Waals surface area (Å²) < 4.78 is 27.3. The van der Waals surface area contributed by atoms with Gasteiger partial charge in [-0.1, -0.05) is 0 Å². The van der Waals surface area contributed by atoms with Crippen molar-refractivity contribution in [1.29, 1.82) is 0 Å². The Bertz CT molecular complexity index is 699. The number of aromatic nitrogens is 2. The summed E-state index contributed by atoms with van der Waals surface area (Å²) in [4.78, 5) is 34.0. The van der Waals surface area contributed by atoms with Gasteiger partial charge in [-0.05, 0) is 0 Å². The van der Waals surface area contributed by atoms with E-state index in [1.54, 1.807) is 0 Å². The average Bonchev–Trinajstić information content (AvgIpc) is 2.62. The van der Waals surface area contributed by atoms with Crippen molar-refractivity contribution in [3.8, 4) is 0 Å². The normalized spacial score (nSPS) is 39.7. The second-order valence-corrected chi connectivity index (χ2v) is 6.25. The number of hydrogen-bond donors (Lipinski definition) is 3. The lowest BCUT2D eigenvalue weighted by Crippen LogP contribution is -2.36. The molecule has 116 valence electrons. The molecule has 1 unspecified atom stereocenters. The molecule has 10 nitrogen and oxygen atoms in total. The minimum absolute atomic E-state index is 0.242. The molecule has 5 atom stereocenters. The summed E-state index contributed by atoms with van der Waals surface area (Å²) in [5, 5.41) is 10.2. The number of phosphoric ester groups is 1. The monoisotopic (exact) mass is 320 g/mol. The van der Waals surface area contributed by atoms with Gasteiger partial charge in [0, 0.05) is 18.2 Å². The molecule has 2 aliphatic rings. The molecule has 11 heteroatoms. The Labute approximate surface area is 117 Å². The third-order valence-corrected chi connectivity index (χ3v) is 4.43. The van der Waals surface area contributed by atoms with Gasteiger partial charge in [0.1, 0.15) is 6.10 Å². The third kappa shape index (κ3) is 2.73. The first-order chi connectivity index (χ1) is 9.87. The highest BCUT2D eigenvalue weighted by atomic mass is 31.2. The van der Waals surface area contributed by atoms with E-state index < -0.39 is 43.4 Å². The molecule has 3 rings (SSSR count). The third-order valence-electron chi connectivity index (χ3n) is 3.48. The molecule has 1 aromatic rings. The van der Waals surface area contributed by atoms with E-state index in [-0.39, 0.29) is 13.2 Å². The predicted molar refractivity (Wildman–Crippen MR) is 66.5 cm³/mol. The first-order valence-corrected chi connectivity index (χ1v) is 7.64. The highest BCUT2D eigenvalue weighted by Crippen LogP contribution is 2.49. The summed E-state index contributed by atoms with van der Waals surface area (Å²) in [5.74, 6) is -0.628. The number of rotatable bonds is 1. The van der Waals surface area contributed by atoms with E-state index >= 15 is 0 Å². The molecule has 2 saturated heterocycles. The minimum atomic E-state index is -4.13. The van der Waals surface area contributed by atoms with Crippen LogP contribution in [-0.4, -0.2) is 45.0 Å². The molecule has 0 spiro atoms. The van der Waals surface area contributed by atoms with Crippen LogP contribution in [0.2, 0.25) is 0 Å². The number of aliphatic hydroxyl groups is 1. The molecule has 0 aromatic carbocycles. The van der Waals surface area contributed by atoms with Crippen LogP contribution < -0.4 is 11.2 Å². The van der Waals surface area contributed by atoms with Gasteiger partial charge in [-0.3, -0.25) is 23.4 Å². The van der Waals surface area contributed by atoms with Gasteiger partial charge in [-0.2, -0.15) is 0 Å². The number of aliphatic hydroxyl groups excluding tert-OH is 1. The maximum absolute atomic E-state index is 11.7. The fourth-order valence-corrected chi connectivity index (χ4v) is 3.17. The SMILES string of the molecule is O=c1ccn([C@@H]2O[C@@H]3COP(=O)(O)OC[C@H]3[C@H]2O)c(=O)[nH]1. The van der Waals surface area contributed by atoms with E-state index in [0.29, 0.717) is 0 Å². The van der Waals surface area contributed by atoms with Crippen molar-refractivity contribution >= 4 is 7.82 Å². The zero-order valence-corrected chi connectivity index (χ0v) is 11.5. The van der Waals surface area contributed by atoms with Gasteiger partial charge in [0.05, 0.1) is 19.3 Å². The first-order valence-electron chi connectivity index (χ1n) is 6.14. The van der Waals surface area contributed by atoms with Crippen molar-refractivity contribution in [1.82, 2.24) is 9.55 Å². The van der Waals surface area contributed by atoms with Crippen molar-refractivity contribution in [2.45, 2.75) is 18.4 Å². The number of phosphoric acid groups is 1. The lowest BCUT2D eigenvalue weighted by Gasteiger charge is -2.19. The van der Waals surface area contributed by atoms with Crippen molar-refractivity contribution in [3.63, 3.8) is 0 Å². The van der Waals surface area contributed by atoms with Crippen molar-refractivity contribution in [2.24, 2.45) is 5.92 Å². The lowest BCUT2D eigenvalue weighted by molar-refractivity contribution is -0.0522. The highest BCUT2D eigenvalue weighted by Gasteiger charge is 2.48. The molecule has 0 radical (unpaired) electrons. The molecule has 0 amide bonds. The molecular formula is C10H13N2O8P. The Morgan fingerprint density at radius 2 is 2.05 bits per heavy atom. The number of hydrogen-bond acceptors (Lipinski definition) is 7. The van der Waals surface area contributed by atoms with Crippen LogP contribution in [0.1, 0.15) is 6.23 Å². The fourth-order valence-electron chi connectivity index (χ4n) is 2.40. The average molecular weight is 320 g/mol. The maximum atomic E-state index is 11.7. The van der Waals surface area contributed by atoms with Gasteiger partial charge >= 0.3 is 13.5 Å². The summed E-state index contributed by atoms with van der Waals surface area (Å²) in [6.07, 6.45) is -1.68. The number of aromatic amines is 1. The Morgan fingerprint density at radius 3 is 2.76 bits per heavy atom. The quantitative estimate of drug-likeness (QED) is 0.534. The molecule has 21 heavy (non-hydrogen) atoms. The van der Waals surface area contributed by atoms with E-state index in [4.69, 9.17) is 13.8 Å². The maximum Gasteiger partial charge on any atom is 0.472 e. The topological polar surface area (TPSA) is 140 Å². The van der Waals surface area contributed by atoms with Crippen molar-refractivity contribution < 1.29 is 28.3 Å². The molecule has 0 bridgehead atoms. The van der Waals surface area contributed by atoms with Crippen LogP contribution >= 0.6 is 7.82 Å². The first kappa shape index (κ1) is 14.6. The zero-order valence-electron chi connectivity index (χ0n) is 10.6. The number of ether oxygens (including phenoxy) is 1. The van der Waals surface area contributed by atoms with E-state index in [0.717, 1.165) is 10.6 Å². The highest BCUT2D eigenvalue weighted by molar-refractivity contribution is 7.47. The summed E-state index contributed by atoms with van der Waals surface area (Å²) in [6, 6.07) is 1.13. The summed E-state index contributed by atoms with van der Waals surface area (Å²) in [7, 11) is -4.13. The van der Waals surface area contributed by atoms with Crippen LogP contribution in [0.5, 0.6) is 0 Å². The van der Waals surface area contributed by atoms with Crippen LogP contribution in [0, 0.1) is 5.92 Å². The van der Waals surface area contributed by atoms with Crippen LogP contribution in [0.15, 0.2) is 21.9 Å². The Hall–Kier alpha value is -1.29. The second-order valence-electron chi connectivity index (χ2n) is 4.80. The lowest BCUT2D eigenvalue weighted by atomic mass is 9.99. The molecule has 0 aliphatic carbocycles. The second kappa shape index (κ2) is 5.16. The minimum Gasteiger partial charge on any atom is -0.388 e.